The molecule has 56 valence electrons. The fourth-order valence-electron chi connectivity index (χ4n) is 0.862. The highest BCUT2D eigenvalue weighted by molar-refractivity contribution is 5.39. The average Bonchev–Trinajstić information content (AvgIpc) is 2.35. The number of fused-ring (bicyclic) bond motifs is 1. The average molecular weight is 150 g/mol. The maximum absolute atomic E-state index is 3.87. The van der Waals surface area contributed by atoms with Crippen molar-refractivity contribution >= 4 is 5.65 Å². The van der Waals surface area contributed by atoms with Crippen LogP contribution < -0.4 is 0 Å². The van der Waals surface area contributed by atoms with Gasteiger partial charge in [-0.05, 0) is 24.3 Å². The standard InChI is InChI=1S/C5H6N6/c1-3-5-8-7-4(2)11(5)10-9-6-3/h1-2H3. The Kier molecular flexibility index (Phi) is 1.09. The van der Waals surface area contributed by atoms with Gasteiger partial charge in [-0.15, -0.1) is 15.3 Å². The highest BCUT2D eigenvalue weighted by atomic mass is 15.5. The summed E-state index contributed by atoms with van der Waals surface area (Å²) in [6.45, 7) is 3.63. The van der Waals surface area contributed by atoms with E-state index >= 15 is 0 Å². The molecule has 0 amide bonds. The monoisotopic (exact) mass is 150 g/mol. The van der Waals surface area contributed by atoms with Crippen molar-refractivity contribution in [3.05, 3.63) is 11.5 Å². The zero-order valence-corrected chi connectivity index (χ0v) is 6.18. The van der Waals surface area contributed by atoms with Crippen LogP contribution in [0.25, 0.3) is 5.65 Å². The lowest BCUT2D eigenvalue weighted by atomic mass is 10.5. The molecular formula is C5H6N6. The van der Waals surface area contributed by atoms with Gasteiger partial charge in [0.1, 0.15) is 5.69 Å². The Labute approximate surface area is 62.3 Å². The van der Waals surface area contributed by atoms with Crippen molar-refractivity contribution < 1.29 is 0 Å². The summed E-state index contributed by atoms with van der Waals surface area (Å²) in [6.07, 6.45) is 0. The van der Waals surface area contributed by atoms with E-state index < -0.39 is 0 Å². The van der Waals surface area contributed by atoms with Gasteiger partial charge in [0.05, 0.1) is 0 Å². The van der Waals surface area contributed by atoms with Crippen LogP contribution in [0.3, 0.4) is 0 Å². The van der Waals surface area contributed by atoms with Crippen LogP contribution in [0.2, 0.25) is 0 Å². The van der Waals surface area contributed by atoms with Gasteiger partial charge in [0.25, 0.3) is 0 Å². The Bertz CT molecular complexity index is 391. The normalized spacial score (nSPS) is 10.7. The van der Waals surface area contributed by atoms with Crippen LogP contribution in [-0.2, 0) is 0 Å². The van der Waals surface area contributed by atoms with E-state index in [0.717, 1.165) is 11.5 Å². The Morgan fingerprint density at radius 2 is 1.91 bits per heavy atom. The van der Waals surface area contributed by atoms with Crippen LogP contribution in [0, 0.1) is 13.8 Å². The SMILES string of the molecule is Cc1nnnn2c(C)nnc12. The lowest BCUT2D eigenvalue weighted by molar-refractivity contribution is 0.697. The quantitative estimate of drug-likeness (QED) is 0.507. The van der Waals surface area contributed by atoms with Crippen molar-refractivity contribution in [3.8, 4) is 0 Å². The number of aryl methyl sites for hydroxylation is 2. The van der Waals surface area contributed by atoms with Crippen molar-refractivity contribution in [3.63, 3.8) is 0 Å². The predicted molar refractivity (Wildman–Crippen MR) is 35.8 cm³/mol. The van der Waals surface area contributed by atoms with Gasteiger partial charge in [0.15, 0.2) is 5.82 Å². The molecule has 0 fully saturated rings. The second-order valence-corrected chi connectivity index (χ2v) is 2.25. The summed E-state index contributed by atoms with van der Waals surface area (Å²) in [5, 5.41) is 18.7. The Hall–Kier alpha value is -1.59. The highest BCUT2D eigenvalue weighted by Gasteiger charge is 2.04. The molecule has 0 aromatic carbocycles. The molecule has 0 spiro atoms. The molecule has 6 nitrogen and oxygen atoms in total. The first-order valence-corrected chi connectivity index (χ1v) is 3.17. The fraction of sp³-hybridized carbons (Fsp3) is 0.400. The first-order chi connectivity index (χ1) is 5.29. The summed E-state index contributed by atoms with van der Waals surface area (Å²) in [6, 6.07) is 0. The maximum Gasteiger partial charge on any atom is 0.202 e. The molecule has 0 radical (unpaired) electrons. The molecule has 0 aliphatic carbocycles. The summed E-state index contributed by atoms with van der Waals surface area (Å²) in [7, 11) is 0. The van der Waals surface area contributed by atoms with Crippen molar-refractivity contribution in [2.45, 2.75) is 13.8 Å². The van der Waals surface area contributed by atoms with Gasteiger partial charge in [0, 0.05) is 0 Å². The smallest absolute Gasteiger partial charge is 0.176 e. The topological polar surface area (TPSA) is 68.9 Å². The van der Waals surface area contributed by atoms with Crippen molar-refractivity contribution in [2.75, 3.05) is 0 Å². The molecule has 0 saturated heterocycles. The molecule has 0 aliphatic rings. The number of rotatable bonds is 0. The minimum Gasteiger partial charge on any atom is -0.176 e. The third kappa shape index (κ3) is 0.754. The first kappa shape index (κ1) is 6.14. The van der Waals surface area contributed by atoms with Gasteiger partial charge < -0.3 is 0 Å². The van der Waals surface area contributed by atoms with E-state index in [-0.39, 0.29) is 0 Å². The molecule has 0 N–H and O–H groups in total. The van der Waals surface area contributed by atoms with Crippen LogP contribution in [0.4, 0.5) is 0 Å². The van der Waals surface area contributed by atoms with Crippen LogP contribution in [-0.4, -0.2) is 30.2 Å². The molecule has 0 saturated carbocycles. The molecule has 2 heterocycles. The van der Waals surface area contributed by atoms with E-state index in [1.807, 2.05) is 13.8 Å². The summed E-state index contributed by atoms with van der Waals surface area (Å²) in [5.41, 5.74) is 1.40. The molecule has 0 bridgehead atoms. The Morgan fingerprint density at radius 1 is 1.09 bits per heavy atom. The number of aromatic nitrogens is 6. The first-order valence-electron chi connectivity index (χ1n) is 3.17. The van der Waals surface area contributed by atoms with E-state index in [9.17, 15) is 0 Å². The van der Waals surface area contributed by atoms with Gasteiger partial charge in [-0.25, -0.2) is 0 Å². The van der Waals surface area contributed by atoms with Crippen molar-refractivity contribution in [2.24, 2.45) is 0 Å². The molecule has 0 aliphatic heterocycles. The number of hydrogen-bond donors (Lipinski definition) is 0. The van der Waals surface area contributed by atoms with E-state index in [2.05, 4.69) is 25.7 Å². The molecule has 0 unspecified atom stereocenters. The van der Waals surface area contributed by atoms with Gasteiger partial charge in [-0.3, -0.25) is 0 Å². The zero-order valence-electron chi connectivity index (χ0n) is 6.18. The fourth-order valence-corrected chi connectivity index (χ4v) is 0.862. The third-order valence-electron chi connectivity index (χ3n) is 1.44. The second kappa shape index (κ2) is 1.94. The molecular weight excluding hydrogens is 144 g/mol. The predicted octanol–water partition coefficient (Wildman–Crippen LogP) is -0.469. The van der Waals surface area contributed by atoms with E-state index in [4.69, 9.17) is 0 Å². The number of hydrogen-bond acceptors (Lipinski definition) is 5. The van der Waals surface area contributed by atoms with E-state index in [1.165, 1.54) is 0 Å². The molecule has 6 heteroatoms. The van der Waals surface area contributed by atoms with E-state index in [1.54, 1.807) is 4.52 Å². The van der Waals surface area contributed by atoms with Crippen LogP contribution in [0.5, 0.6) is 0 Å². The largest absolute Gasteiger partial charge is 0.202 e. The van der Waals surface area contributed by atoms with Gasteiger partial charge in [-0.2, -0.15) is 4.52 Å². The number of nitrogens with zero attached hydrogens (tertiary/aromatic N) is 6. The Morgan fingerprint density at radius 3 is 2.64 bits per heavy atom. The maximum atomic E-state index is 3.87. The lowest BCUT2D eigenvalue weighted by Crippen LogP contribution is -2.01. The summed E-state index contributed by atoms with van der Waals surface area (Å²) >= 11 is 0. The van der Waals surface area contributed by atoms with Crippen molar-refractivity contribution in [1.82, 2.24) is 30.2 Å². The van der Waals surface area contributed by atoms with Gasteiger partial charge >= 0.3 is 0 Å². The molecule has 2 aromatic rings. The summed E-state index contributed by atoms with van der Waals surface area (Å²) in [5.74, 6) is 0.720. The Balaban J connectivity index is 2.94. The molecule has 2 aromatic heterocycles. The minimum absolute atomic E-state index is 0.664. The molecule has 0 atom stereocenters. The van der Waals surface area contributed by atoms with Crippen molar-refractivity contribution in [1.29, 1.82) is 0 Å². The summed E-state index contributed by atoms with van der Waals surface area (Å²) in [4.78, 5) is 0. The van der Waals surface area contributed by atoms with E-state index in [0.29, 0.717) is 5.65 Å². The highest BCUT2D eigenvalue weighted by Crippen LogP contribution is 2.00. The van der Waals surface area contributed by atoms with Gasteiger partial charge in [-0.1, -0.05) is 0 Å². The molecule has 2 rings (SSSR count). The molecule has 11 heavy (non-hydrogen) atoms. The summed E-state index contributed by atoms with van der Waals surface area (Å²) < 4.78 is 1.56. The van der Waals surface area contributed by atoms with Crippen LogP contribution in [0.1, 0.15) is 11.5 Å². The van der Waals surface area contributed by atoms with Gasteiger partial charge in [0.2, 0.25) is 5.65 Å². The van der Waals surface area contributed by atoms with Crippen LogP contribution in [0.15, 0.2) is 0 Å². The second-order valence-electron chi connectivity index (χ2n) is 2.25. The zero-order chi connectivity index (χ0) is 7.84. The third-order valence-corrected chi connectivity index (χ3v) is 1.44. The minimum atomic E-state index is 0.664. The lowest BCUT2D eigenvalue weighted by Gasteiger charge is -1.90. The van der Waals surface area contributed by atoms with Crippen LogP contribution >= 0.6 is 0 Å².